The van der Waals surface area contributed by atoms with Gasteiger partial charge in [0, 0.05) is 12.3 Å². The molecule has 0 spiro atoms. The number of hydrogen-bond donors (Lipinski definition) is 0. The fourth-order valence-corrected chi connectivity index (χ4v) is 1.64. The van der Waals surface area contributed by atoms with Gasteiger partial charge in [0.15, 0.2) is 5.75 Å². The first kappa shape index (κ1) is 12.7. The second-order valence-corrected chi connectivity index (χ2v) is 4.10. The molecule has 0 bridgehead atoms. The molecule has 0 unspecified atom stereocenters. The number of nitrogens with zero attached hydrogens (tertiary/aromatic N) is 1. The summed E-state index contributed by atoms with van der Waals surface area (Å²) in [7, 11) is 0. The first-order chi connectivity index (χ1) is 8.79. The van der Waals surface area contributed by atoms with Gasteiger partial charge >= 0.3 is 0 Å². The van der Waals surface area contributed by atoms with E-state index >= 15 is 0 Å². The Hall–Kier alpha value is -1.74. The molecule has 0 saturated heterocycles. The van der Waals surface area contributed by atoms with Crippen LogP contribution in [0.3, 0.4) is 0 Å². The van der Waals surface area contributed by atoms with Gasteiger partial charge in [0.25, 0.3) is 5.88 Å². The lowest BCUT2D eigenvalue weighted by molar-refractivity contribution is 0.261. The van der Waals surface area contributed by atoms with Crippen molar-refractivity contribution in [2.75, 3.05) is 6.61 Å². The highest BCUT2D eigenvalue weighted by Crippen LogP contribution is 2.28. The molecule has 1 heterocycles. The fourth-order valence-electron chi connectivity index (χ4n) is 1.49. The predicted octanol–water partition coefficient (Wildman–Crippen LogP) is 3.71. The number of benzene rings is 1. The molecule has 4 heteroatoms. The summed E-state index contributed by atoms with van der Waals surface area (Å²) in [5.41, 5.74) is 1.08. The van der Waals surface area contributed by atoms with E-state index in [1.807, 2.05) is 37.3 Å². The quantitative estimate of drug-likeness (QED) is 0.824. The summed E-state index contributed by atoms with van der Waals surface area (Å²) in [4.78, 5) is 4.10. The summed E-state index contributed by atoms with van der Waals surface area (Å²) in [6.07, 6.45) is 1.54. The topological polar surface area (TPSA) is 31.4 Å². The van der Waals surface area contributed by atoms with E-state index in [1.54, 1.807) is 12.3 Å². The number of aromatic nitrogens is 1. The summed E-state index contributed by atoms with van der Waals surface area (Å²) in [5.74, 6) is 1.03. The largest absolute Gasteiger partial charge is 0.483 e. The van der Waals surface area contributed by atoms with Crippen molar-refractivity contribution in [2.24, 2.45) is 0 Å². The smallest absolute Gasteiger partial charge is 0.257 e. The second-order valence-electron chi connectivity index (χ2n) is 3.66. The van der Waals surface area contributed by atoms with Crippen LogP contribution < -0.4 is 9.47 Å². The summed E-state index contributed by atoms with van der Waals surface area (Å²) >= 11 is 5.90. The standard InChI is InChI=1S/C14H14ClNO2/c1-2-17-14-13(8-12(15)9-16-14)18-10-11-6-4-3-5-7-11/h3-9H,2,10H2,1H3. The van der Waals surface area contributed by atoms with Crippen molar-refractivity contribution in [1.29, 1.82) is 0 Å². The normalized spacial score (nSPS) is 10.1. The van der Waals surface area contributed by atoms with E-state index in [4.69, 9.17) is 21.1 Å². The third kappa shape index (κ3) is 3.37. The van der Waals surface area contributed by atoms with Gasteiger partial charge in [-0.1, -0.05) is 41.9 Å². The molecular formula is C14H14ClNO2. The van der Waals surface area contributed by atoms with Crippen LogP contribution in [-0.4, -0.2) is 11.6 Å². The van der Waals surface area contributed by atoms with Crippen molar-refractivity contribution in [3.8, 4) is 11.6 Å². The van der Waals surface area contributed by atoms with Gasteiger partial charge in [0.05, 0.1) is 11.6 Å². The minimum Gasteiger partial charge on any atom is -0.483 e. The molecule has 2 aromatic rings. The lowest BCUT2D eigenvalue weighted by atomic mass is 10.2. The van der Waals surface area contributed by atoms with Crippen molar-refractivity contribution in [3.63, 3.8) is 0 Å². The van der Waals surface area contributed by atoms with E-state index in [9.17, 15) is 0 Å². The Bertz CT molecular complexity index is 502. The van der Waals surface area contributed by atoms with Crippen LogP contribution in [0.25, 0.3) is 0 Å². The summed E-state index contributed by atoms with van der Waals surface area (Å²) in [6, 6.07) is 11.6. The minimum absolute atomic E-state index is 0.461. The molecule has 0 atom stereocenters. The molecule has 3 nitrogen and oxygen atoms in total. The van der Waals surface area contributed by atoms with Gasteiger partial charge in [-0.25, -0.2) is 4.98 Å². The van der Waals surface area contributed by atoms with Crippen LogP contribution in [0.5, 0.6) is 11.6 Å². The molecule has 0 radical (unpaired) electrons. The molecule has 0 aliphatic heterocycles. The average molecular weight is 264 g/mol. The van der Waals surface area contributed by atoms with Gasteiger partial charge in [0.1, 0.15) is 6.61 Å². The SMILES string of the molecule is CCOc1ncc(Cl)cc1OCc1ccccc1. The Kier molecular flexibility index (Phi) is 4.42. The zero-order valence-electron chi connectivity index (χ0n) is 10.1. The van der Waals surface area contributed by atoms with E-state index < -0.39 is 0 Å². The zero-order valence-corrected chi connectivity index (χ0v) is 10.9. The molecule has 0 amide bonds. The van der Waals surface area contributed by atoms with Crippen molar-refractivity contribution >= 4 is 11.6 Å². The number of hydrogen-bond acceptors (Lipinski definition) is 3. The van der Waals surface area contributed by atoms with Crippen molar-refractivity contribution in [2.45, 2.75) is 13.5 Å². The number of ether oxygens (including phenoxy) is 2. The Morgan fingerprint density at radius 1 is 1.17 bits per heavy atom. The molecule has 94 valence electrons. The summed E-state index contributed by atoms with van der Waals surface area (Å²) in [6.45, 7) is 2.90. The van der Waals surface area contributed by atoms with E-state index in [0.29, 0.717) is 29.9 Å². The first-order valence-electron chi connectivity index (χ1n) is 5.74. The highest BCUT2D eigenvalue weighted by atomic mass is 35.5. The Balaban J connectivity index is 2.10. The van der Waals surface area contributed by atoms with Gasteiger partial charge in [0.2, 0.25) is 0 Å². The highest BCUT2D eigenvalue weighted by Gasteiger charge is 2.07. The van der Waals surface area contributed by atoms with Crippen molar-refractivity contribution < 1.29 is 9.47 Å². The van der Waals surface area contributed by atoms with Crippen LogP contribution in [0.15, 0.2) is 42.6 Å². The Morgan fingerprint density at radius 3 is 2.67 bits per heavy atom. The molecular weight excluding hydrogens is 250 g/mol. The van der Waals surface area contributed by atoms with Crippen molar-refractivity contribution in [3.05, 3.63) is 53.2 Å². The molecule has 0 aliphatic carbocycles. The van der Waals surface area contributed by atoms with Crippen LogP contribution in [0, 0.1) is 0 Å². The van der Waals surface area contributed by atoms with Crippen LogP contribution in [0.1, 0.15) is 12.5 Å². The van der Waals surface area contributed by atoms with Crippen LogP contribution in [0.2, 0.25) is 5.02 Å². The van der Waals surface area contributed by atoms with Gasteiger partial charge in [-0.05, 0) is 12.5 Å². The second kappa shape index (κ2) is 6.26. The minimum atomic E-state index is 0.461. The Labute approximate surface area is 111 Å². The van der Waals surface area contributed by atoms with Gasteiger partial charge in [-0.15, -0.1) is 0 Å². The maximum atomic E-state index is 5.90. The Morgan fingerprint density at radius 2 is 1.94 bits per heavy atom. The number of halogens is 1. The van der Waals surface area contributed by atoms with Crippen LogP contribution >= 0.6 is 11.6 Å². The molecule has 0 aliphatic rings. The molecule has 1 aromatic carbocycles. The third-order valence-corrected chi connectivity index (χ3v) is 2.51. The fraction of sp³-hybridized carbons (Fsp3) is 0.214. The van der Waals surface area contributed by atoms with Crippen molar-refractivity contribution in [1.82, 2.24) is 4.98 Å². The molecule has 18 heavy (non-hydrogen) atoms. The maximum absolute atomic E-state index is 5.90. The molecule has 0 N–H and O–H groups in total. The predicted molar refractivity (Wildman–Crippen MR) is 71.2 cm³/mol. The van der Waals surface area contributed by atoms with Gasteiger partial charge in [-0.2, -0.15) is 0 Å². The zero-order chi connectivity index (χ0) is 12.8. The lowest BCUT2D eigenvalue weighted by Gasteiger charge is -2.11. The highest BCUT2D eigenvalue weighted by molar-refractivity contribution is 6.30. The number of pyridine rings is 1. The summed E-state index contributed by atoms with van der Waals surface area (Å²) < 4.78 is 11.1. The van der Waals surface area contributed by atoms with E-state index in [2.05, 4.69) is 4.98 Å². The lowest BCUT2D eigenvalue weighted by Crippen LogP contribution is -2.01. The van der Waals surface area contributed by atoms with E-state index in [-0.39, 0.29) is 0 Å². The monoisotopic (exact) mass is 263 g/mol. The van der Waals surface area contributed by atoms with Crippen LogP contribution in [-0.2, 0) is 6.61 Å². The number of rotatable bonds is 5. The summed E-state index contributed by atoms with van der Waals surface area (Å²) in [5, 5.41) is 0.529. The van der Waals surface area contributed by atoms with E-state index in [1.165, 1.54) is 0 Å². The molecule has 1 aromatic heterocycles. The molecule has 2 rings (SSSR count). The van der Waals surface area contributed by atoms with E-state index in [0.717, 1.165) is 5.56 Å². The third-order valence-electron chi connectivity index (χ3n) is 2.30. The van der Waals surface area contributed by atoms with Gasteiger partial charge < -0.3 is 9.47 Å². The first-order valence-corrected chi connectivity index (χ1v) is 6.12. The van der Waals surface area contributed by atoms with Crippen LogP contribution in [0.4, 0.5) is 0 Å². The van der Waals surface area contributed by atoms with Gasteiger partial charge in [-0.3, -0.25) is 0 Å². The average Bonchev–Trinajstić information content (AvgIpc) is 2.40. The molecule has 0 saturated carbocycles. The maximum Gasteiger partial charge on any atom is 0.257 e. The molecule has 0 fully saturated rings.